The summed E-state index contributed by atoms with van der Waals surface area (Å²) in [6, 6.07) is 13.5. The Morgan fingerprint density at radius 1 is 1.27 bits per heavy atom. The fraction of sp³-hybridized carbons (Fsp3) is 0.263. The lowest BCUT2D eigenvalue weighted by Gasteiger charge is -2.33. The Hall–Kier alpha value is -2.62. The van der Waals surface area contributed by atoms with E-state index >= 15 is 0 Å². The van der Waals surface area contributed by atoms with E-state index in [1.54, 1.807) is 30.3 Å². The highest BCUT2D eigenvalue weighted by Crippen LogP contribution is 2.20. The van der Waals surface area contributed by atoms with Gasteiger partial charge in [-0.1, -0.05) is 23.7 Å². The van der Waals surface area contributed by atoms with Crippen LogP contribution in [0.25, 0.3) is 0 Å². The second-order valence-electron chi connectivity index (χ2n) is 6.22. The van der Waals surface area contributed by atoms with Gasteiger partial charge in [0, 0.05) is 5.69 Å². The van der Waals surface area contributed by atoms with Crippen molar-refractivity contribution in [3.63, 3.8) is 0 Å². The summed E-state index contributed by atoms with van der Waals surface area (Å²) in [5, 5.41) is 12.0. The number of halogens is 2. The first-order valence-corrected chi connectivity index (χ1v) is 8.77. The average Bonchev–Trinajstić information content (AvgIpc) is 2.63. The first-order valence-electron chi connectivity index (χ1n) is 8.39. The van der Waals surface area contributed by atoms with E-state index in [9.17, 15) is 9.18 Å². The van der Waals surface area contributed by atoms with Crippen LogP contribution in [-0.4, -0.2) is 38.6 Å². The van der Waals surface area contributed by atoms with Gasteiger partial charge in [0.15, 0.2) is 6.54 Å². The van der Waals surface area contributed by atoms with Crippen LogP contribution in [0.15, 0.2) is 42.5 Å². The lowest BCUT2D eigenvalue weighted by molar-refractivity contribution is -0.892. The number of benzene rings is 2. The zero-order chi connectivity index (χ0) is 18.5. The SMILES string of the molecule is N#Cc1ccc(NC(=O)C[NH+]2CCN(c3ccccc3F)CC2)cc1Cl. The van der Waals surface area contributed by atoms with Crippen molar-refractivity contribution < 1.29 is 14.1 Å². The van der Waals surface area contributed by atoms with E-state index in [1.807, 2.05) is 17.0 Å². The molecule has 0 spiro atoms. The van der Waals surface area contributed by atoms with Gasteiger partial charge < -0.3 is 15.1 Å². The Kier molecular flexibility index (Phi) is 5.71. The minimum Gasteiger partial charge on any atom is -0.358 e. The summed E-state index contributed by atoms with van der Waals surface area (Å²) in [6.07, 6.45) is 0. The molecular weight excluding hydrogens is 355 g/mol. The van der Waals surface area contributed by atoms with Crippen LogP contribution >= 0.6 is 11.6 Å². The Balaban J connectivity index is 1.51. The van der Waals surface area contributed by atoms with Crippen molar-refractivity contribution in [2.24, 2.45) is 0 Å². The molecule has 3 rings (SSSR count). The average molecular weight is 374 g/mol. The van der Waals surface area contributed by atoms with Crippen LogP contribution in [0.1, 0.15) is 5.56 Å². The van der Waals surface area contributed by atoms with Crippen molar-refractivity contribution in [1.82, 2.24) is 0 Å². The van der Waals surface area contributed by atoms with E-state index < -0.39 is 0 Å². The number of carbonyl (C=O) groups excluding carboxylic acids is 1. The molecule has 2 N–H and O–H groups in total. The molecular formula is C19H19ClFN4O+. The zero-order valence-electron chi connectivity index (χ0n) is 14.1. The predicted octanol–water partition coefficient (Wildman–Crippen LogP) is 1.69. The molecule has 1 aliphatic heterocycles. The Morgan fingerprint density at radius 3 is 2.65 bits per heavy atom. The maximum atomic E-state index is 13.9. The number of carbonyl (C=O) groups is 1. The summed E-state index contributed by atoms with van der Waals surface area (Å²) >= 11 is 5.98. The van der Waals surface area contributed by atoms with Crippen LogP contribution in [0.5, 0.6) is 0 Å². The molecule has 0 radical (unpaired) electrons. The second kappa shape index (κ2) is 8.17. The monoisotopic (exact) mass is 373 g/mol. The first kappa shape index (κ1) is 18.2. The number of nitriles is 1. The second-order valence-corrected chi connectivity index (χ2v) is 6.63. The van der Waals surface area contributed by atoms with Gasteiger partial charge >= 0.3 is 0 Å². The molecule has 26 heavy (non-hydrogen) atoms. The quantitative estimate of drug-likeness (QED) is 0.857. The summed E-state index contributed by atoms with van der Waals surface area (Å²) in [7, 11) is 0. The molecule has 0 aromatic heterocycles. The molecule has 0 saturated carbocycles. The Labute approximate surface area is 156 Å². The fourth-order valence-electron chi connectivity index (χ4n) is 3.06. The molecule has 1 heterocycles. The van der Waals surface area contributed by atoms with Gasteiger partial charge in [0.25, 0.3) is 5.91 Å². The van der Waals surface area contributed by atoms with Gasteiger partial charge in [0.05, 0.1) is 42.5 Å². The third kappa shape index (κ3) is 4.31. The Bertz CT molecular complexity index is 844. The highest BCUT2D eigenvalue weighted by molar-refractivity contribution is 6.32. The van der Waals surface area contributed by atoms with E-state index in [-0.39, 0.29) is 11.7 Å². The summed E-state index contributed by atoms with van der Waals surface area (Å²) in [4.78, 5) is 15.4. The van der Waals surface area contributed by atoms with Gasteiger partial charge in [-0.3, -0.25) is 4.79 Å². The first-order chi connectivity index (χ1) is 12.6. The molecule has 1 aliphatic rings. The number of rotatable bonds is 4. The van der Waals surface area contributed by atoms with Crippen molar-refractivity contribution in [2.45, 2.75) is 0 Å². The van der Waals surface area contributed by atoms with Crippen LogP contribution in [0.4, 0.5) is 15.8 Å². The van der Waals surface area contributed by atoms with E-state index in [1.165, 1.54) is 6.07 Å². The smallest absolute Gasteiger partial charge is 0.279 e. The molecule has 1 fully saturated rings. The molecule has 1 saturated heterocycles. The minimum absolute atomic E-state index is 0.111. The lowest BCUT2D eigenvalue weighted by atomic mass is 10.2. The number of quaternary nitrogens is 1. The maximum absolute atomic E-state index is 13.9. The summed E-state index contributed by atoms with van der Waals surface area (Å²) in [5.74, 6) is -0.327. The molecule has 2 aromatic rings. The molecule has 0 atom stereocenters. The molecule has 0 unspecified atom stereocenters. The Morgan fingerprint density at radius 2 is 2.00 bits per heavy atom. The highest BCUT2D eigenvalue weighted by Gasteiger charge is 2.23. The molecule has 1 amide bonds. The number of para-hydroxylation sites is 1. The lowest BCUT2D eigenvalue weighted by Crippen LogP contribution is -3.15. The van der Waals surface area contributed by atoms with E-state index in [0.29, 0.717) is 41.6 Å². The highest BCUT2D eigenvalue weighted by atomic mass is 35.5. The minimum atomic E-state index is -0.216. The van der Waals surface area contributed by atoms with Crippen molar-refractivity contribution >= 4 is 28.9 Å². The van der Waals surface area contributed by atoms with E-state index in [4.69, 9.17) is 16.9 Å². The largest absolute Gasteiger partial charge is 0.358 e. The van der Waals surface area contributed by atoms with Gasteiger partial charge in [-0.25, -0.2) is 4.39 Å². The van der Waals surface area contributed by atoms with Crippen molar-refractivity contribution in [1.29, 1.82) is 5.26 Å². The molecule has 134 valence electrons. The number of nitrogens with one attached hydrogen (secondary N) is 2. The van der Waals surface area contributed by atoms with Crippen molar-refractivity contribution in [2.75, 3.05) is 42.9 Å². The van der Waals surface area contributed by atoms with Gasteiger partial charge in [-0.15, -0.1) is 0 Å². The van der Waals surface area contributed by atoms with Gasteiger partial charge in [-0.05, 0) is 30.3 Å². The number of hydrogen-bond acceptors (Lipinski definition) is 3. The zero-order valence-corrected chi connectivity index (χ0v) is 14.9. The third-order valence-corrected chi connectivity index (χ3v) is 4.76. The van der Waals surface area contributed by atoms with Crippen LogP contribution in [0.2, 0.25) is 5.02 Å². The van der Waals surface area contributed by atoms with Gasteiger partial charge in [0.1, 0.15) is 11.9 Å². The number of nitrogens with zero attached hydrogens (tertiary/aromatic N) is 2. The van der Waals surface area contributed by atoms with Gasteiger partial charge in [0.2, 0.25) is 0 Å². The molecule has 0 bridgehead atoms. The number of anilines is 2. The van der Waals surface area contributed by atoms with Crippen molar-refractivity contribution in [3.05, 3.63) is 58.9 Å². The van der Waals surface area contributed by atoms with Crippen molar-refractivity contribution in [3.8, 4) is 6.07 Å². The molecule has 2 aromatic carbocycles. The van der Waals surface area contributed by atoms with Crippen LogP contribution in [-0.2, 0) is 4.79 Å². The summed E-state index contributed by atoms with van der Waals surface area (Å²) in [6.45, 7) is 3.26. The topological polar surface area (TPSA) is 60.6 Å². The van der Waals surface area contributed by atoms with Crippen LogP contribution < -0.4 is 15.1 Å². The molecule has 0 aliphatic carbocycles. The van der Waals surface area contributed by atoms with Crippen LogP contribution in [0, 0.1) is 17.1 Å². The summed E-state index contributed by atoms with van der Waals surface area (Å²) in [5.41, 5.74) is 1.56. The third-order valence-electron chi connectivity index (χ3n) is 4.45. The fourth-order valence-corrected chi connectivity index (χ4v) is 3.29. The van der Waals surface area contributed by atoms with Gasteiger partial charge in [-0.2, -0.15) is 5.26 Å². The predicted molar refractivity (Wildman–Crippen MR) is 99.0 cm³/mol. The normalized spacial score (nSPS) is 14.7. The number of piperazine rings is 1. The standard InChI is InChI=1S/C19H18ClFN4O/c20-16-11-15(6-5-14(16)12-22)23-19(26)13-24-7-9-25(10-8-24)18-4-2-1-3-17(18)21/h1-6,11H,7-10,13H2,(H,23,26)/p+1. The number of amides is 1. The molecule has 7 heteroatoms. The molecule has 5 nitrogen and oxygen atoms in total. The number of hydrogen-bond donors (Lipinski definition) is 2. The maximum Gasteiger partial charge on any atom is 0.279 e. The van der Waals surface area contributed by atoms with Crippen LogP contribution in [0.3, 0.4) is 0 Å². The van der Waals surface area contributed by atoms with E-state index in [0.717, 1.165) is 18.0 Å². The summed E-state index contributed by atoms with van der Waals surface area (Å²) < 4.78 is 13.9. The van der Waals surface area contributed by atoms with E-state index in [2.05, 4.69) is 5.32 Å².